The Kier molecular flexibility index (Phi) is 8.56. The monoisotopic (exact) mass is 596 g/mol. The number of likely N-dealkylation sites (tertiary alicyclic amines) is 1. The van der Waals surface area contributed by atoms with E-state index in [0.29, 0.717) is 41.0 Å². The molecule has 3 aromatic rings. The summed E-state index contributed by atoms with van der Waals surface area (Å²) in [6.45, 7) is 3.42. The lowest BCUT2D eigenvalue weighted by atomic mass is 9.89. The van der Waals surface area contributed by atoms with Gasteiger partial charge in [0.15, 0.2) is 6.04 Å². The summed E-state index contributed by atoms with van der Waals surface area (Å²) in [5.74, 6) is -2.70. The van der Waals surface area contributed by atoms with Crippen LogP contribution in [-0.2, 0) is 16.1 Å². The van der Waals surface area contributed by atoms with E-state index in [4.69, 9.17) is 9.47 Å². The largest absolute Gasteiger partial charge is 0.488 e. The maximum Gasteiger partial charge on any atom is 0.412 e. The second-order valence-electron chi connectivity index (χ2n) is 10.6. The summed E-state index contributed by atoms with van der Waals surface area (Å²) < 4.78 is 52.6. The molecule has 0 radical (unpaired) electrons. The molecule has 0 aliphatic carbocycles. The van der Waals surface area contributed by atoms with Gasteiger partial charge in [-0.05, 0) is 60.6 Å². The third-order valence-electron chi connectivity index (χ3n) is 7.79. The molecule has 9 nitrogen and oxygen atoms in total. The topological polar surface area (TPSA) is 105 Å². The number of methoxy groups -OCH3 is 1. The first-order valence-corrected chi connectivity index (χ1v) is 13.8. The standard InChI is InChI=1S/C31H31F3N4O5/c1-19-5-3-6-23(25-7-4-8-26(36-25)38-28(31(32,33)34)24(17-35-38)29(39)40)27(19)43-18-20-9-11-21(12-10-20)22-13-15-37(16-14-22)30(41)42-2/h3-12,17,22,24,28H,13-16,18H2,1-2H3,(H,39,40)/t24-,28?/m0/s1. The van der Waals surface area contributed by atoms with Gasteiger partial charge >= 0.3 is 18.2 Å². The SMILES string of the molecule is COC(=O)N1CCC(c2ccc(COc3c(C)cccc3-c3cccc(N4N=C[C@H](C(=O)O)C4C(F)(F)F)n3)cc2)CC1. The van der Waals surface area contributed by atoms with E-state index in [1.54, 1.807) is 29.2 Å². The van der Waals surface area contributed by atoms with Crippen molar-refractivity contribution in [2.75, 3.05) is 25.2 Å². The van der Waals surface area contributed by atoms with Crippen LogP contribution in [-0.4, -0.2) is 65.7 Å². The molecule has 1 unspecified atom stereocenters. The fraction of sp³-hybridized carbons (Fsp3) is 0.355. The Morgan fingerprint density at radius 3 is 2.37 bits per heavy atom. The van der Waals surface area contributed by atoms with E-state index in [9.17, 15) is 27.9 Å². The quantitative estimate of drug-likeness (QED) is 0.356. The number of amides is 1. The first-order valence-electron chi connectivity index (χ1n) is 13.8. The maximum absolute atomic E-state index is 13.8. The zero-order chi connectivity index (χ0) is 30.7. The van der Waals surface area contributed by atoms with Crippen LogP contribution < -0.4 is 9.75 Å². The van der Waals surface area contributed by atoms with E-state index in [-0.39, 0.29) is 18.5 Å². The predicted octanol–water partition coefficient (Wildman–Crippen LogP) is 6.02. The Bertz CT molecular complexity index is 1500. The number of carboxylic acid groups (broad SMARTS) is 1. The molecule has 5 rings (SSSR count). The molecule has 12 heteroatoms. The van der Waals surface area contributed by atoms with Crippen molar-refractivity contribution in [2.24, 2.45) is 11.0 Å². The molecular formula is C31H31F3N4O5. The van der Waals surface area contributed by atoms with Crippen molar-refractivity contribution in [3.05, 3.63) is 77.4 Å². The van der Waals surface area contributed by atoms with Crippen molar-refractivity contribution >= 4 is 24.1 Å². The van der Waals surface area contributed by atoms with Crippen LogP contribution in [0.4, 0.5) is 23.8 Å². The molecule has 0 bridgehead atoms. The number of carbonyl (C=O) groups is 2. The van der Waals surface area contributed by atoms with Gasteiger partial charge in [0, 0.05) is 24.9 Å². The van der Waals surface area contributed by atoms with Crippen LogP contribution in [0.1, 0.15) is 35.4 Å². The fourth-order valence-corrected chi connectivity index (χ4v) is 5.50. The molecule has 1 aromatic heterocycles. The van der Waals surface area contributed by atoms with Crippen molar-refractivity contribution in [2.45, 2.75) is 44.5 Å². The summed E-state index contributed by atoms with van der Waals surface area (Å²) in [6, 6.07) is 15.8. The first-order chi connectivity index (χ1) is 20.6. The summed E-state index contributed by atoms with van der Waals surface area (Å²) in [6.07, 6.45) is -2.65. The molecule has 2 aromatic carbocycles. The lowest BCUT2D eigenvalue weighted by Gasteiger charge is -2.31. The number of nitrogens with zero attached hydrogens (tertiary/aromatic N) is 4. The number of rotatable bonds is 7. The number of pyridine rings is 1. The van der Waals surface area contributed by atoms with Crippen LogP contribution >= 0.6 is 0 Å². The highest BCUT2D eigenvalue weighted by atomic mass is 19.4. The van der Waals surface area contributed by atoms with E-state index in [1.807, 2.05) is 25.1 Å². The highest BCUT2D eigenvalue weighted by Gasteiger charge is 2.54. The average Bonchev–Trinajstić information content (AvgIpc) is 3.47. The minimum absolute atomic E-state index is 0.125. The third kappa shape index (κ3) is 6.42. The normalized spacial score (nSPS) is 19.0. The number of benzene rings is 2. The van der Waals surface area contributed by atoms with Gasteiger partial charge in [-0.2, -0.15) is 18.3 Å². The minimum atomic E-state index is -4.84. The van der Waals surface area contributed by atoms with Crippen molar-refractivity contribution in [1.82, 2.24) is 9.88 Å². The van der Waals surface area contributed by atoms with E-state index in [1.165, 1.54) is 18.7 Å². The number of piperidine rings is 1. The molecule has 1 saturated heterocycles. The Labute approximate surface area is 246 Å². The number of aromatic nitrogens is 1. The molecule has 0 spiro atoms. The van der Waals surface area contributed by atoms with Gasteiger partial charge in [-0.15, -0.1) is 0 Å². The van der Waals surface area contributed by atoms with Crippen LogP contribution in [0, 0.1) is 12.8 Å². The van der Waals surface area contributed by atoms with Gasteiger partial charge in [0.2, 0.25) is 0 Å². The fourth-order valence-electron chi connectivity index (χ4n) is 5.50. The molecule has 2 aliphatic rings. The van der Waals surface area contributed by atoms with Crippen molar-refractivity contribution in [1.29, 1.82) is 0 Å². The van der Waals surface area contributed by atoms with Crippen molar-refractivity contribution < 1.29 is 37.3 Å². The molecule has 0 saturated carbocycles. The van der Waals surface area contributed by atoms with E-state index in [0.717, 1.165) is 30.2 Å². The number of hydrogen-bond acceptors (Lipinski definition) is 7. The van der Waals surface area contributed by atoms with Gasteiger partial charge < -0.3 is 19.5 Å². The zero-order valence-corrected chi connectivity index (χ0v) is 23.6. The molecule has 1 amide bonds. The average molecular weight is 597 g/mol. The van der Waals surface area contributed by atoms with Crippen LogP contribution in [0.25, 0.3) is 11.3 Å². The summed E-state index contributed by atoms with van der Waals surface area (Å²) in [5, 5.41) is 13.7. The molecule has 43 heavy (non-hydrogen) atoms. The van der Waals surface area contributed by atoms with Crippen molar-refractivity contribution in [3.63, 3.8) is 0 Å². The second-order valence-corrected chi connectivity index (χ2v) is 10.6. The van der Waals surface area contributed by atoms with Gasteiger partial charge in [0.1, 0.15) is 24.1 Å². The van der Waals surface area contributed by atoms with E-state index in [2.05, 4.69) is 22.2 Å². The van der Waals surface area contributed by atoms with Crippen LogP contribution in [0.15, 0.2) is 65.8 Å². The van der Waals surface area contributed by atoms with Gasteiger partial charge in [0.25, 0.3) is 0 Å². The summed E-state index contributed by atoms with van der Waals surface area (Å²) in [4.78, 5) is 29.4. The number of anilines is 1. The van der Waals surface area contributed by atoms with Crippen LogP contribution in [0.3, 0.4) is 0 Å². The third-order valence-corrected chi connectivity index (χ3v) is 7.79. The lowest BCUT2D eigenvalue weighted by molar-refractivity contribution is -0.166. The number of para-hydroxylation sites is 1. The molecule has 1 N–H and O–H groups in total. The predicted molar refractivity (Wildman–Crippen MR) is 153 cm³/mol. The first kappa shape index (κ1) is 29.9. The number of hydrazone groups is 1. The summed E-state index contributed by atoms with van der Waals surface area (Å²) in [7, 11) is 1.39. The highest BCUT2D eigenvalue weighted by molar-refractivity contribution is 5.92. The summed E-state index contributed by atoms with van der Waals surface area (Å²) in [5.41, 5.74) is 3.89. The highest BCUT2D eigenvalue weighted by Crippen LogP contribution is 2.38. The Hall–Kier alpha value is -4.61. The van der Waals surface area contributed by atoms with Crippen LogP contribution in [0.5, 0.6) is 5.75 Å². The number of carbonyl (C=O) groups excluding carboxylic acids is 1. The molecule has 3 heterocycles. The van der Waals surface area contributed by atoms with Gasteiger partial charge in [-0.1, -0.05) is 42.5 Å². The van der Waals surface area contributed by atoms with Crippen molar-refractivity contribution in [3.8, 4) is 17.0 Å². The minimum Gasteiger partial charge on any atom is -0.488 e. The Morgan fingerprint density at radius 2 is 1.72 bits per heavy atom. The number of halogens is 3. The van der Waals surface area contributed by atoms with Crippen LogP contribution in [0.2, 0.25) is 0 Å². The molecule has 226 valence electrons. The zero-order valence-electron chi connectivity index (χ0n) is 23.6. The number of ether oxygens (including phenoxy) is 2. The van der Waals surface area contributed by atoms with Gasteiger partial charge in [-0.25, -0.2) is 14.8 Å². The number of hydrogen-bond donors (Lipinski definition) is 1. The van der Waals surface area contributed by atoms with Gasteiger partial charge in [-0.3, -0.25) is 4.79 Å². The number of aryl methyl sites for hydroxylation is 1. The maximum atomic E-state index is 13.8. The summed E-state index contributed by atoms with van der Waals surface area (Å²) >= 11 is 0. The molecular weight excluding hydrogens is 565 g/mol. The van der Waals surface area contributed by atoms with E-state index < -0.39 is 24.1 Å². The smallest absolute Gasteiger partial charge is 0.412 e. The molecule has 2 atom stereocenters. The van der Waals surface area contributed by atoms with Gasteiger partial charge in [0.05, 0.1) is 12.8 Å². The number of carboxylic acids is 1. The number of alkyl halides is 3. The lowest BCUT2D eigenvalue weighted by Crippen LogP contribution is -2.47. The Morgan fingerprint density at radius 1 is 1.02 bits per heavy atom. The number of aliphatic carboxylic acids is 1. The molecule has 1 fully saturated rings. The Balaban J connectivity index is 1.31. The second kappa shape index (κ2) is 12.3. The van der Waals surface area contributed by atoms with E-state index >= 15 is 0 Å². The molecule has 2 aliphatic heterocycles.